The number of likely N-dealkylation sites (N-methyl/N-ethyl adjacent to an activating group) is 1. The maximum Gasteiger partial charge on any atom is 0.281 e. The summed E-state index contributed by atoms with van der Waals surface area (Å²) in [6, 6.07) is 3.95. The molecule has 109 valence electrons. The molecular weight excluding hydrogens is 345 g/mol. The van der Waals surface area contributed by atoms with Gasteiger partial charge in [0.05, 0.1) is 14.1 Å². The number of carbonyl (C=O) groups is 1. The molecule has 1 radical (unpaired) electrons. The maximum absolute atomic E-state index is 12.4. The first-order valence-electron chi connectivity index (χ1n) is 6.60. The molecule has 0 saturated carbocycles. The molecule has 1 rings (SSSR count). The third-order valence-corrected chi connectivity index (χ3v) is 3.62. The number of amides is 1. The van der Waals surface area contributed by atoms with Crippen molar-refractivity contribution < 1.29 is 41.4 Å². The average molecular weight is 369 g/mol. The van der Waals surface area contributed by atoms with Gasteiger partial charge in [-0.25, -0.2) is 0 Å². The zero-order chi connectivity index (χ0) is 14.8. The molecule has 0 aliphatic carbocycles. The summed E-state index contributed by atoms with van der Waals surface area (Å²) in [7, 11) is 3.75. The van der Waals surface area contributed by atoms with E-state index >= 15 is 0 Å². The summed E-state index contributed by atoms with van der Waals surface area (Å²) in [5.74, 6) is -0.00227. The summed E-state index contributed by atoms with van der Waals surface area (Å²) < 4.78 is 0.228. The van der Waals surface area contributed by atoms with E-state index in [1.54, 1.807) is 0 Å². The summed E-state index contributed by atoms with van der Waals surface area (Å²) in [4.78, 5) is 12.4. The van der Waals surface area contributed by atoms with Crippen LogP contribution in [-0.4, -0.2) is 29.9 Å². The Hall–Kier alpha value is 0.104. The maximum atomic E-state index is 12.4. The molecule has 0 bridgehead atoms. The molecule has 1 unspecified atom stereocenters. The summed E-state index contributed by atoms with van der Waals surface area (Å²) in [5.41, 5.74) is 4.31. The van der Waals surface area contributed by atoms with Gasteiger partial charge < -0.3 is 22.0 Å². The number of anilines is 1. The summed E-state index contributed by atoms with van der Waals surface area (Å²) in [6.45, 7) is 8.09. The number of hydrogen-bond donors (Lipinski definition) is 1. The Kier molecular flexibility index (Phi) is 7.97. The fraction of sp³-hybridized carbons (Fsp3) is 0.533. The van der Waals surface area contributed by atoms with E-state index in [9.17, 15) is 4.79 Å². The largest absolute Gasteiger partial charge is 0.494 e. The van der Waals surface area contributed by atoms with E-state index in [1.807, 2.05) is 34.9 Å². The molecule has 0 aliphatic rings. The average Bonchev–Trinajstić information content (AvgIpc) is 2.22. The second kappa shape index (κ2) is 7.93. The van der Waals surface area contributed by atoms with Crippen LogP contribution in [0.25, 0.3) is 0 Å². The van der Waals surface area contributed by atoms with Gasteiger partial charge in [-0.15, -0.1) is 0 Å². The first kappa shape index (κ1) is 20.1. The van der Waals surface area contributed by atoms with E-state index in [0.29, 0.717) is 0 Å². The smallest absolute Gasteiger partial charge is 0.281 e. The quantitative estimate of drug-likeness (QED) is 0.653. The summed E-state index contributed by atoms with van der Waals surface area (Å²) in [5, 5.41) is 3.04. The third kappa shape index (κ3) is 5.14. The molecule has 0 saturated heterocycles. The fourth-order valence-electron chi connectivity index (χ4n) is 2.49. The van der Waals surface area contributed by atoms with E-state index in [0.717, 1.165) is 23.2 Å². The number of hydrogen-bond acceptors (Lipinski definition) is 2. The second-order valence-electron chi connectivity index (χ2n) is 5.62. The minimum Gasteiger partial charge on any atom is -0.494 e. The number of rotatable bonds is 4. The van der Waals surface area contributed by atoms with Gasteiger partial charge in [-0.05, 0) is 31.9 Å². The van der Waals surface area contributed by atoms with Crippen molar-refractivity contribution in [1.82, 2.24) is 0 Å². The van der Waals surface area contributed by atoms with E-state index in [2.05, 4.69) is 24.4 Å². The molecule has 0 heterocycles. The number of aryl methyl sites for hydroxylation is 3. The van der Waals surface area contributed by atoms with Gasteiger partial charge in [0, 0.05) is 44.8 Å². The van der Waals surface area contributed by atoms with Crippen LogP contribution in [-0.2, 0) is 50.3 Å². The summed E-state index contributed by atoms with van der Waals surface area (Å²) >= 11 is 5.36. The van der Waals surface area contributed by atoms with Gasteiger partial charge in [0.1, 0.15) is 0 Å². The number of carbonyl (C=O) groups excluding carboxylic acids is 1. The molecule has 1 amide bonds. The molecule has 3 nitrogen and oxygen atoms in total. The van der Waals surface area contributed by atoms with Crippen LogP contribution in [0.1, 0.15) is 30.0 Å². The van der Waals surface area contributed by atoms with Gasteiger partial charge in [0.15, 0.2) is 6.04 Å². The third-order valence-electron chi connectivity index (χ3n) is 3.37. The number of nitrogens with one attached hydrogen (secondary N) is 1. The van der Waals surface area contributed by atoms with Gasteiger partial charge in [-0.1, -0.05) is 24.6 Å². The first-order chi connectivity index (χ1) is 8.66. The van der Waals surface area contributed by atoms with Crippen molar-refractivity contribution in [2.45, 2.75) is 40.2 Å². The van der Waals surface area contributed by atoms with Crippen LogP contribution in [0.3, 0.4) is 0 Å². The van der Waals surface area contributed by atoms with E-state index in [4.69, 9.17) is 12.8 Å². The Morgan fingerprint density at radius 3 is 2.05 bits per heavy atom. The van der Waals surface area contributed by atoms with Crippen LogP contribution in [0.2, 0.25) is 0 Å². The molecule has 0 fully saturated rings. The van der Waals surface area contributed by atoms with Crippen molar-refractivity contribution in [3.63, 3.8) is 0 Å². The van der Waals surface area contributed by atoms with Crippen molar-refractivity contribution in [3.05, 3.63) is 28.8 Å². The second-order valence-corrected chi connectivity index (χ2v) is 6.56. The molecule has 0 spiro atoms. The molecule has 0 aliphatic heterocycles. The van der Waals surface area contributed by atoms with Gasteiger partial charge >= 0.3 is 0 Å². The molecular formula is C15H24N2OSY. The molecule has 20 heavy (non-hydrogen) atoms. The SMILES string of the molecule is CCC(C(=O)Nc1c(C)cc(C)cc1C)[N+](C)(C)[S-].[Y]. The number of benzene rings is 1. The van der Waals surface area contributed by atoms with Crippen LogP contribution in [0.5, 0.6) is 0 Å². The Bertz CT molecular complexity index is 460. The van der Waals surface area contributed by atoms with Crippen molar-refractivity contribution in [2.75, 3.05) is 19.4 Å². The topological polar surface area (TPSA) is 29.1 Å². The molecule has 1 aromatic carbocycles. The van der Waals surface area contributed by atoms with Crippen molar-refractivity contribution in [3.8, 4) is 0 Å². The van der Waals surface area contributed by atoms with Crippen molar-refractivity contribution >= 4 is 24.4 Å². The predicted octanol–water partition coefficient (Wildman–Crippen LogP) is 2.86. The molecule has 1 N–H and O–H groups in total. The van der Waals surface area contributed by atoms with Gasteiger partial charge in [0.2, 0.25) is 0 Å². The Balaban J connectivity index is 0.00000361. The number of quaternary nitrogens is 1. The molecule has 5 heteroatoms. The Labute approximate surface area is 153 Å². The van der Waals surface area contributed by atoms with Gasteiger partial charge in [0.25, 0.3) is 5.91 Å². The van der Waals surface area contributed by atoms with Gasteiger partial charge in [-0.3, -0.25) is 4.79 Å². The normalized spacial score (nSPS) is 12.6. The first-order valence-corrected chi connectivity index (χ1v) is 6.96. The monoisotopic (exact) mass is 369 g/mol. The fourth-order valence-corrected chi connectivity index (χ4v) is 2.74. The van der Waals surface area contributed by atoms with Crippen LogP contribution >= 0.6 is 0 Å². The minimum atomic E-state index is -0.213. The standard InChI is InChI=1S/C15H24N2OS.Y/c1-7-13(17(5,6)19)15(18)16-14-11(3)8-10(2)9-12(14)4;/h8-9,13H,7H2,1-6H3,(H,16,18);. The van der Waals surface area contributed by atoms with Crippen molar-refractivity contribution in [1.29, 1.82) is 0 Å². The van der Waals surface area contributed by atoms with Crippen LogP contribution in [0.4, 0.5) is 5.69 Å². The van der Waals surface area contributed by atoms with Crippen LogP contribution in [0, 0.1) is 20.8 Å². The Morgan fingerprint density at radius 2 is 1.70 bits per heavy atom. The minimum absolute atomic E-state index is 0. The van der Waals surface area contributed by atoms with Gasteiger partial charge in [-0.2, -0.15) is 0 Å². The van der Waals surface area contributed by atoms with E-state index in [-0.39, 0.29) is 48.5 Å². The summed E-state index contributed by atoms with van der Waals surface area (Å²) in [6.07, 6.45) is 0.728. The molecule has 0 aromatic heterocycles. The zero-order valence-electron chi connectivity index (χ0n) is 13.3. The molecule has 1 aromatic rings. The van der Waals surface area contributed by atoms with E-state index < -0.39 is 0 Å². The number of nitrogens with zero attached hydrogens (tertiary/aromatic N) is 1. The Morgan fingerprint density at radius 1 is 1.25 bits per heavy atom. The zero-order valence-corrected chi connectivity index (χ0v) is 16.9. The van der Waals surface area contributed by atoms with Crippen LogP contribution < -0.4 is 5.32 Å². The molecule has 1 atom stereocenters. The van der Waals surface area contributed by atoms with Crippen LogP contribution in [0.15, 0.2) is 12.1 Å². The van der Waals surface area contributed by atoms with E-state index in [1.165, 1.54) is 5.56 Å². The van der Waals surface area contributed by atoms with Crippen molar-refractivity contribution in [2.24, 2.45) is 0 Å². The predicted molar refractivity (Wildman–Crippen MR) is 82.8 cm³/mol.